The topological polar surface area (TPSA) is 78.9 Å². The van der Waals surface area contributed by atoms with Crippen LogP contribution in [0.2, 0.25) is 0 Å². The van der Waals surface area contributed by atoms with Crippen LogP contribution < -0.4 is 29.6 Å². The zero-order valence-corrected chi connectivity index (χ0v) is 21.8. The lowest BCUT2D eigenvalue weighted by Crippen LogP contribution is -2.38. The van der Waals surface area contributed by atoms with Gasteiger partial charge in [-0.15, -0.1) is 0 Å². The van der Waals surface area contributed by atoms with Crippen LogP contribution in [0.4, 0.5) is 13.2 Å². The van der Waals surface area contributed by atoms with Gasteiger partial charge in [-0.1, -0.05) is 78.9 Å². The van der Waals surface area contributed by atoms with Crippen molar-refractivity contribution in [3.63, 3.8) is 0 Å². The highest BCUT2D eigenvalue weighted by atomic mass is 32.2. The molecule has 6 rings (SSSR count). The van der Waals surface area contributed by atoms with Crippen molar-refractivity contribution in [2.24, 2.45) is 0 Å². The lowest BCUT2D eigenvalue weighted by Gasteiger charge is -2.28. The van der Waals surface area contributed by atoms with Gasteiger partial charge in [-0.2, -0.15) is 21.6 Å². The molecular formula is C28H20F3O6PS. The number of hydrogen-bond donors (Lipinski definition) is 0. The van der Waals surface area contributed by atoms with Crippen molar-refractivity contribution in [2.75, 3.05) is 13.2 Å². The van der Waals surface area contributed by atoms with E-state index in [9.17, 15) is 21.6 Å². The van der Waals surface area contributed by atoms with Crippen LogP contribution in [0.1, 0.15) is 11.1 Å². The molecule has 1 unspecified atom stereocenters. The molecular weight excluding hydrogens is 552 g/mol. The molecule has 2 aliphatic heterocycles. The number of rotatable bonds is 5. The number of hydrogen-bond acceptors (Lipinski definition) is 6. The maximum Gasteiger partial charge on any atom is 0.534 e. The molecule has 0 amide bonds. The SMILES string of the molecule is O=P(c1ccccc1)(c1ccccc1)c1cccc2c1C1(COc3cccc(OS(=O)(=O)C(F)(F)F)c31)CO2. The van der Waals surface area contributed by atoms with Crippen molar-refractivity contribution in [3.05, 3.63) is 108 Å². The largest absolute Gasteiger partial charge is 0.534 e. The lowest BCUT2D eigenvalue weighted by atomic mass is 9.77. The van der Waals surface area contributed by atoms with Crippen molar-refractivity contribution < 1.29 is 39.8 Å². The Morgan fingerprint density at radius 1 is 0.718 bits per heavy atom. The average Bonchev–Trinajstić information content (AvgIpc) is 3.50. The summed E-state index contributed by atoms with van der Waals surface area (Å²) in [5.74, 6) is 0.0118. The van der Waals surface area contributed by atoms with Gasteiger partial charge in [0.2, 0.25) is 0 Å². The summed E-state index contributed by atoms with van der Waals surface area (Å²) in [5.41, 5.74) is -6.36. The molecule has 0 saturated heterocycles. The molecule has 1 spiro atoms. The molecule has 2 aliphatic rings. The van der Waals surface area contributed by atoms with Gasteiger partial charge in [0.05, 0.1) is 11.0 Å². The Bertz CT molecular complexity index is 1680. The van der Waals surface area contributed by atoms with Gasteiger partial charge in [0.25, 0.3) is 0 Å². The first-order valence-electron chi connectivity index (χ1n) is 11.8. The smallest absolute Gasteiger partial charge is 0.492 e. The minimum absolute atomic E-state index is 0.0810. The van der Waals surface area contributed by atoms with E-state index in [0.29, 0.717) is 27.2 Å². The normalized spacial score (nSPS) is 18.2. The highest BCUT2D eigenvalue weighted by Crippen LogP contribution is 2.57. The van der Waals surface area contributed by atoms with E-state index in [1.807, 2.05) is 12.1 Å². The van der Waals surface area contributed by atoms with E-state index in [2.05, 4.69) is 4.18 Å². The number of fused-ring (bicyclic) bond motifs is 4. The van der Waals surface area contributed by atoms with E-state index in [1.54, 1.807) is 66.7 Å². The lowest BCUT2D eigenvalue weighted by molar-refractivity contribution is -0.0500. The first-order chi connectivity index (χ1) is 18.6. The van der Waals surface area contributed by atoms with Gasteiger partial charge in [-0.05, 0) is 18.2 Å². The summed E-state index contributed by atoms with van der Waals surface area (Å²) >= 11 is 0. The molecule has 0 bridgehead atoms. The van der Waals surface area contributed by atoms with E-state index in [4.69, 9.17) is 9.47 Å². The zero-order chi connectivity index (χ0) is 27.5. The summed E-state index contributed by atoms with van der Waals surface area (Å²) in [7, 11) is -9.54. The summed E-state index contributed by atoms with van der Waals surface area (Å²) in [6.07, 6.45) is 0. The molecule has 0 fully saturated rings. The molecule has 0 aromatic heterocycles. The van der Waals surface area contributed by atoms with Gasteiger partial charge >= 0.3 is 15.6 Å². The predicted octanol–water partition coefficient (Wildman–Crippen LogP) is 4.63. The Labute approximate surface area is 222 Å². The van der Waals surface area contributed by atoms with Crippen molar-refractivity contribution in [1.82, 2.24) is 0 Å². The number of ether oxygens (including phenoxy) is 2. The Morgan fingerprint density at radius 3 is 1.77 bits per heavy atom. The van der Waals surface area contributed by atoms with Crippen molar-refractivity contribution in [1.29, 1.82) is 0 Å². The van der Waals surface area contributed by atoms with E-state index >= 15 is 4.57 Å². The zero-order valence-electron chi connectivity index (χ0n) is 20.1. The first-order valence-corrected chi connectivity index (χ1v) is 14.9. The van der Waals surface area contributed by atoms with Crippen molar-refractivity contribution in [3.8, 4) is 17.2 Å². The third-order valence-electron chi connectivity index (χ3n) is 6.96. The minimum Gasteiger partial charge on any atom is -0.492 e. The standard InChI is InChI=1S/C28H20F3O6PS/c29-28(30,31)39(33,34)37-23-15-7-13-21-25(23)27(17-35-21)18-36-22-14-8-16-24(26(22)27)38(32,19-9-3-1-4-10-19)20-11-5-2-6-12-20/h1-16H,17-18H2. The van der Waals surface area contributed by atoms with Gasteiger partial charge < -0.3 is 18.2 Å². The molecule has 1 atom stereocenters. The molecule has 4 aromatic rings. The van der Waals surface area contributed by atoms with E-state index < -0.39 is 33.9 Å². The third kappa shape index (κ3) is 3.85. The third-order valence-corrected chi connectivity index (χ3v) is 11.0. The van der Waals surface area contributed by atoms with Crippen LogP contribution in [-0.2, 0) is 20.1 Å². The van der Waals surface area contributed by atoms with Gasteiger partial charge in [-0.3, -0.25) is 0 Å². The van der Waals surface area contributed by atoms with Crippen LogP contribution in [0, 0.1) is 0 Å². The second-order valence-corrected chi connectivity index (χ2v) is 13.5. The van der Waals surface area contributed by atoms with Crippen molar-refractivity contribution in [2.45, 2.75) is 10.9 Å². The minimum atomic E-state index is -5.97. The fourth-order valence-electron chi connectivity index (χ4n) is 5.28. The first kappa shape index (κ1) is 25.5. The molecule has 4 aromatic carbocycles. The van der Waals surface area contributed by atoms with E-state index in [0.717, 1.165) is 6.07 Å². The average molecular weight is 572 g/mol. The Balaban J connectivity index is 1.62. The maximum absolute atomic E-state index is 15.3. The fraction of sp³-hybridized carbons (Fsp3) is 0.143. The summed E-state index contributed by atoms with van der Waals surface area (Å²) in [6.45, 7) is -0.162. The van der Waals surface area contributed by atoms with Crippen LogP contribution in [-0.4, -0.2) is 27.1 Å². The highest BCUT2D eigenvalue weighted by Gasteiger charge is 2.55. The van der Waals surface area contributed by atoms with Crippen LogP contribution in [0.3, 0.4) is 0 Å². The van der Waals surface area contributed by atoms with Gasteiger partial charge in [0.1, 0.15) is 24.7 Å². The van der Waals surface area contributed by atoms with Crippen LogP contribution >= 0.6 is 7.14 Å². The van der Waals surface area contributed by atoms with Crippen molar-refractivity contribution >= 4 is 33.2 Å². The van der Waals surface area contributed by atoms with Gasteiger partial charge in [0, 0.05) is 21.5 Å². The maximum atomic E-state index is 15.3. The molecule has 0 saturated carbocycles. The van der Waals surface area contributed by atoms with E-state index in [-0.39, 0.29) is 24.5 Å². The van der Waals surface area contributed by atoms with Crippen LogP contribution in [0.15, 0.2) is 97.1 Å². The quantitative estimate of drug-likeness (QED) is 0.197. The van der Waals surface area contributed by atoms with E-state index in [1.165, 1.54) is 12.1 Å². The molecule has 0 N–H and O–H groups in total. The Morgan fingerprint density at radius 2 is 1.23 bits per heavy atom. The molecule has 2 heterocycles. The number of alkyl halides is 3. The van der Waals surface area contributed by atoms with Crippen LogP contribution in [0.5, 0.6) is 17.2 Å². The number of benzene rings is 4. The molecule has 6 nitrogen and oxygen atoms in total. The fourth-order valence-corrected chi connectivity index (χ4v) is 8.72. The monoisotopic (exact) mass is 572 g/mol. The number of halogens is 3. The summed E-state index contributed by atoms with van der Waals surface area (Å²) in [4.78, 5) is 0. The second-order valence-electron chi connectivity index (χ2n) is 9.20. The van der Waals surface area contributed by atoms with Gasteiger partial charge in [0.15, 0.2) is 12.9 Å². The summed E-state index contributed by atoms with van der Waals surface area (Å²) in [5, 5.41) is 1.52. The molecule has 0 radical (unpaired) electrons. The molecule has 11 heteroatoms. The second kappa shape index (κ2) is 8.89. The molecule has 0 aliphatic carbocycles. The Hall–Kier alpha value is -3.75. The Kier molecular flexibility index (Phi) is 5.82. The molecule has 200 valence electrons. The highest BCUT2D eigenvalue weighted by molar-refractivity contribution is 7.88. The van der Waals surface area contributed by atoms with Gasteiger partial charge in [-0.25, -0.2) is 0 Å². The predicted molar refractivity (Wildman–Crippen MR) is 140 cm³/mol. The summed E-state index contributed by atoms with van der Waals surface area (Å²) in [6, 6.07) is 26.9. The molecule has 39 heavy (non-hydrogen) atoms. The summed E-state index contributed by atoms with van der Waals surface area (Å²) < 4.78 is 95.7. The van der Waals surface area contributed by atoms with Crippen LogP contribution in [0.25, 0.3) is 0 Å².